The van der Waals surface area contributed by atoms with Gasteiger partial charge in [0.2, 0.25) is 0 Å². The van der Waals surface area contributed by atoms with Crippen molar-refractivity contribution < 1.29 is 0 Å². The second kappa shape index (κ2) is 5.19. The molecular formula is C17H18BrN3. The Labute approximate surface area is 132 Å². The van der Waals surface area contributed by atoms with E-state index >= 15 is 0 Å². The largest absolute Gasteiger partial charge is 0.398 e. The van der Waals surface area contributed by atoms with Crippen LogP contribution in [-0.2, 0) is 0 Å². The molecule has 1 heterocycles. The van der Waals surface area contributed by atoms with Crippen LogP contribution >= 0.6 is 15.9 Å². The number of halogens is 1. The zero-order chi connectivity index (χ0) is 15.1. The first-order valence-corrected chi connectivity index (χ1v) is 7.81. The highest BCUT2D eigenvalue weighted by molar-refractivity contribution is 9.10. The molecule has 0 aliphatic carbocycles. The Kier molecular flexibility index (Phi) is 3.49. The van der Waals surface area contributed by atoms with Crippen LogP contribution in [0.1, 0.15) is 25.5 Å². The monoisotopic (exact) mass is 343 g/mol. The van der Waals surface area contributed by atoms with E-state index in [-0.39, 0.29) is 0 Å². The number of hydrogen-bond acceptors (Lipinski definition) is 2. The van der Waals surface area contributed by atoms with Crippen molar-refractivity contribution in [1.29, 1.82) is 0 Å². The van der Waals surface area contributed by atoms with Crippen molar-refractivity contribution in [2.75, 3.05) is 5.73 Å². The number of fused-ring (bicyclic) bond motifs is 1. The minimum atomic E-state index is 0.311. The van der Waals surface area contributed by atoms with Crippen LogP contribution in [0.3, 0.4) is 0 Å². The zero-order valence-electron chi connectivity index (χ0n) is 12.4. The lowest BCUT2D eigenvalue weighted by molar-refractivity contribution is 0.624. The topological polar surface area (TPSA) is 43.8 Å². The van der Waals surface area contributed by atoms with E-state index in [0.717, 1.165) is 38.1 Å². The number of benzene rings is 2. The number of para-hydroxylation sites is 1. The molecule has 0 radical (unpaired) electrons. The summed E-state index contributed by atoms with van der Waals surface area (Å²) < 4.78 is 3.28. The highest BCUT2D eigenvalue weighted by Crippen LogP contribution is 2.33. The van der Waals surface area contributed by atoms with E-state index in [2.05, 4.69) is 40.4 Å². The molecule has 0 unspecified atom stereocenters. The molecule has 2 N–H and O–H groups in total. The summed E-state index contributed by atoms with van der Waals surface area (Å²) in [7, 11) is 0. The molecular weight excluding hydrogens is 326 g/mol. The summed E-state index contributed by atoms with van der Waals surface area (Å²) >= 11 is 3.51. The number of anilines is 1. The lowest BCUT2D eigenvalue weighted by Gasteiger charge is -2.15. The van der Waals surface area contributed by atoms with Crippen molar-refractivity contribution in [3.8, 4) is 11.4 Å². The van der Waals surface area contributed by atoms with Gasteiger partial charge >= 0.3 is 0 Å². The van der Waals surface area contributed by atoms with Crippen molar-refractivity contribution in [2.24, 2.45) is 0 Å². The Bertz CT molecular complexity index is 818. The normalized spacial score (nSPS) is 11.5. The number of nitrogens with zero attached hydrogens (tertiary/aromatic N) is 2. The predicted octanol–water partition coefficient (Wildman–Crippen LogP) is 4.94. The van der Waals surface area contributed by atoms with E-state index in [1.54, 1.807) is 0 Å². The maximum Gasteiger partial charge on any atom is 0.143 e. The van der Waals surface area contributed by atoms with Gasteiger partial charge in [-0.2, -0.15) is 0 Å². The lowest BCUT2D eigenvalue weighted by atomic mass is 10.1. The molecule has 0 atom stereocenters. The van der Waals surface area contributed by atoms with E-state index in [0.29, 0.717) is 6.04 Å². The van der Waals surface area contributed by atoms with Crippen LogP contribution in [-0.4, -0.2) is 9.55 Å². The fraction of sp³-hybridized carbons (Fsp3) is 0.235. The minimum absolute atomic E-state index is 0.311. The molecule has 0 bridgehead atoms. The van der Waals surface area contributed by atoms with Gasteiger partial charge in [-0.3, -0.25) is 0 Å². The van der Waals surface area contributed by atoms with E-state index < -0.39 is 0 Å². The third-order valence-corrected chi connectivity index (χ3v) is 4.23. The quantitative estimate of drug-likeness (QED) is 0.670. The van der Waals surface area contributed by atoms with Gasteiger partial charge in [0.1, 0.15) is 5.82 Å². The Balaban J connectivity index is 2.36. The number of rotatable bonds is 2. The number of aryl methyl sites for hydroxylation is 1. The molecule has 3 aromatic rings. The SMILES string of the molecule is Cc1cccc(-c2nc3cc(Br)ccc3n2C(C)C)c1N. The minimum Gasteiger partial charge on any atom is -0.398 e. The molecule has 0 aliphatic rings. The summed E-state index contributed by atoms with van der Waals surface area (Å²) in [6, 6.07) is 12.6. The van der Waals surface area contributed by atoms with E-state index in [1.807, 2.05) is 37.3 Å². The van der Waals surface area contributed by atoms with Crippen molar-refractivity contribution in [1.82, 2.24) is 9.55 Å². The third-order valence-electron chi connectivity index (χ3n) is 3.73. The maximum absolute atomic E-state index is 6.27. The highest BCUT2D eigenvalue weighted by atomic mass is 79.9. The molecule has 1 aromatic heterocycles. The van der Waals surface area contributed by atoms with Gasteiger partial charge in [0.05, 0.1) is 11.0 Å². The van der Waals surface area contributed by atoms with Gasteiger partial charge < -0.3 is 10.3 Å². The van der Waals surface area contributed by atoms with Gasteiger partial charge in [0.25, 0.3) is 0 Å². The summed E-state index contributed by atoms with van der Waals surface area (Å²) in [5.41, 5.74) is 11.3. The Morgan fingerprint density at radius 1 is 1.19 bits per heavy atom. The van der Waals surface area contributed by atoms with Crippen LogP contribution in [0.5, 0.6) is 0 Å². The summed E-state index contributed by atoms with van der Waals surface area (Å²) in [4.78, 5) is 4.82. The van der Waals surface area contributed by atoms with Crippen molar-refractivity contribution in [3.05, 3.63) is 46.4 Å². The zero-order valence-corrected chi connectivity index (χ0v) is 14.0. The molecule has 2 aromatic carbocycles. The second-order valence-electron chi connectivity index (χ2n) is 5.57. The van der Waals surface area contributed by atoms with Crippen molar-refractivity contribution in [3.63, 3.8) is 0 Å². The second-order valence-corrected chi connectivity index (χ2v) is 6.48. The summed E-state index contributed by atoms with van der Waals surface area (Å²) in [5, 5.41) is 0. The van der Waals surface area contributed by atoms with E-state index in [1.165, 1.54) is 0 Å². The van der Waals surface area contributed by atoms with Crippen molar-refractivity contribution in [2.45, 2.75) is 26.8 Å². The van der Waals surface area contributed by atoms with Gasteiger partial charge in [0, 0.05) is 21.8 Å². The molecule has 108 valence electrons. The number of aromatic nitrogens is 2. The van der Waals surface area contributed by atoms with Crippen molar-refractivity contribution >= 4 is 32.7 Å². The predicted molar refractivity (Wildman–Crippen MR) is 92.4 cm³/mol. The molecule has 0 aliphatic heterocycles. The van der Waals surface area contributed by atoms with Crippen LogP contribution < -0.4 is 5.73 Å². The molecule has 3 nitrogen and oxygen atoms in total. The first-order valence-electron chi connectivity index (χ1n) is 7.02. The number of imidazole rings is 1. The third kappa shape index (κ3) is 2.33. The van der Waals surface area contributed by atoms with Gasteiger partial charge in [-0.1, -0.05) is 28.1 Å². The standard InChI is InChI=1S/C17H18BrN3/c1-10(2)21-15-8-7-12(18)9-14(15)20-17(21)13-6-4-5-11(3)16(13)19/h4-10H,19H2,1-3H3. The van der Waals surface area contributed by atoms with Crippen LogP contribution in [0.2, 0.25) is 0 Å². The smallest absolute Gasteiger partial charge is 0.143 e. The Morgan fingerprint density at radius 3 is 2.67 bits per heavy atom. The lowest BCUT2D eigenvalue weighted by Crippen LogP contribution is -2.05. The van der Waals surface area contributed by atoms with Crippen LogP contribution in [0.4, 0.5) is 5.69 Å². The fourth-order valence-electron chi connectivity index (χ4n) is 2.66. The van der Waals surface area contributed by atoms with Gasteiger partial charge in [-0.15, -0.1) is 0 Å². The first-order chi connectivity index (χ1) is 9.99. The number of nitrogens with two attached hydrogens (primary N) is 1. The fourth-order valence-corrected chi connectivity index (χ4v) is 3.01. The molecule has 4 heteroatoms. The summed E-state index contributed by atoms with van der Waals surface area (Å²) in [6.07, 6.45) is 0. The molecule has 0 spiro atoms. The molecule has 0 saturated carbocycles. The number of hydrogen-bond donors (Lipinski definition) is 1. The molecule has 3 rings (SSSR count). The summed E-state index contributed by atoms with van der Waals surface area (Å²) in [6.45, 7) is 6.36. The van der Waals surface area contributed by atoms with Crippen LogP contribution in [0.25, 0.3) is 22.4 Å². The first kappa shape index (κ1) is 14.1. The van der Waals surface area contributed by atoms with Crippen LogP contribution in [0.15, 0.2) is 40.9 Å². The maximum atomic E-state index is 6.27. The molecule has 21 heavy (non-hydrogen) atoms. The van der Waals surface area contributed by atoms with E-state index in [9.17, 15) is 0 Å². The van der Waals surface area contributed by atoms with Gasteiger partial charge in [-0.05, 0) is 50.6 Å². The molecule has 0 fully saturated rings. The molecule has 0 saturated heterocycles. The number of nitrogen functional groups attached to an aromatic ring is 1. The Morgan fingerprint density at radius 2 is 1.95 bits per heavy atom. The highest BCUT2D eigenvalue weighted by Gasteiger charge is 2.17. The van der Waals surface area contributed by atoms with Gasteiger partial charge in [-0.25, -0.2) is 4.98 Å². The van der Waals surface area contributed by atoms with E-state index in [4.69, 9.17) is 10.7 Å². The van der Waals surface area contributed by atoms with Gasteiger partial charge in [0.15, 0.2) is 0 Å². The summed E-state index contributed by atoms with van der Waals surface area (Å²) in [5.74, 6) is 0.930. The van der Waals surface area contributed by atoms with Crippen LogP contribution in [0, 0.1) is 6.92 Å². The average molecular weight is 344 g/mol. The molecule has 0 amide bonds. The average Bonchev–Trinajstić information content (AvgIpc) is 2.80. The Hall–Kier alpha value is -1.81.